The Balaban J connectivity index is 1.23. The van der Waals surface area contributed by atoms with E-state index in [0.717, 1.165) is 55.3 Å². The topological polar surface area (TPSA) is 117 Å². The van der Waals surface area contributed by atoms with E-state index in [-0.39, 0.29) is 5.75 Å². The predicted octanol–water partition coefficient (Wildman–Crippen LogP) is 5.31. The largest absolute Gasteiger partial charge is 0.490 e. The Morgan fingerprint density at radius 1 is 1.03 bits per heavy atom. The summed E-state index contributed by atoms with van der Waals surface area (Å²) < 4.78 is 40.8. The SMILES string of the molecule is N=NC1=IC=C(Oc2cc(F)cc(F)c2)NC1=NCc1cccc(-c2ncc(OCC3CCNCC3)cn2)c1. The van der Waals surface area contributed by atoms with Crippen LogP contribution < -0.4 is 20.1 Å². The highest BCUT2D eigenvalue weighted by Crippen LogP contribution is 2.23. The summed E-state index contributed by atoms with van der Waals surface area (Å²) in [5, 5.41) is 9.93. The summed E-state index contributed by atoms with van der Waals surface area (Å²) in [5.74, 6) is 1.02. The molecule has 39 heavy (non-hydrogen) atoms. The third-order valence-corrected chi connectivity index (χ3v) is 8.25. The van der Waals surface area contributed by atoms with E-state index in [0.29, 0.717) is 46.0 Å². The number of aliphatic imine (C=N–C) groups is 1. The number of hydrogen-bond donors (Lipinski definition) is 3. The van der Waals surface area contributed by atoms with Crippen molar-refractivity contribution in [1.82, 2.24) is 20.6 Å². The molecule has 2 aliphatic heterocycles. The van der Waals surface area contributed by atoms with Gasteiger partial charge < -0.3 is 20.1 Å². The van der Waals surface area contributed by atoms with Crippen molar-refractivity contribution in [2.24, 2.45) is 16.0 Å². The molecule has 1 fully saturated rings. The van der Waals surface area contributed by atoms with Gasteiger partial charge in [0.2, 0.25) is 5.88 Å². The molecule has 5 rings (SSSR count). The maximum Gasteiger partial charge on any atom is 0.204 e. The van der Waals surface area contributed by atoms with E-state index in [2.05, 4.69) is 30.7 Å². The summed E-state index contributed by atoms with van der Waals surface area (Å²) in [6, 6.07) is 10.7. The van der Waals surface area contributed by atoms with Crippen LogP contribution in [0.2, 0.25) is 0 Å². The van der Waals surface area contributed by atoms with E-state index in [9.17, 15) is 8.78 Å². The molecule has 1 saturated heterocycles. The Morgan fingerprint density at radius 3 is 2.54 bits per heavy atom. The minimum Gasteiger partial charge on any atom is -0.490 e. The number of rotatable bonds is 9. The van der Waals surface area contributed by atoms with Crippen LogP contribution in [-0.4, -0.2) is 39.1 Å². The Morgan fingerprint density at radius 2 is 1.79 bits per heavy atom. The second kappa shape index (κ2) is 12.9. The fraction of sp³-hybridized carbons (Fsp3) is 0.259. The lowest BCUT2D eigenvalue weighted by Gasteiger charge is -2.22. The molecule has 1 aromatic heterocycles. The normalized spacial score (nSPS) is 16.9. The van der Waals surface area contributed by atoms with Crippen LogP contribution in [0.4, 0.5) is 8.78 Å². The molecule has 202 valence electrons. The molecule has 0 atom stereocenters. The lowest BCUT2D eigenvalue weighted by molar-refractivity contribution is 0.214. The number of benzene rings is 2. The first kappa shape index (κ1) is 26.9. The van der Waals surface area contributed by atoms with E-state index in [1.807, 2.05) is 24.3 Å². The van der Waals surface area contributed by atoms with Gasteiger partial charge in [-0.25, -0.2) is 24.3 Å². The molecule has 0 saturated carbocycles. The highest BCUT2D eigenvalue weighted by molar-refractivity contribution is 14.2. The maximum atomic E-state index is 13.5. The number of piperidine rings is 1. The molecule has 3 heterocycles. The zero-order valence-electron chi connectivity index (χ0n) is 20.8. The van der Waals surface area contributed by atoms with Gasteiger partial charge in [0.05, 0.1) is 25.5 Å². The number of halogens is 3. The second-order valence-corrected chi connectivity index (χ2v) is 11.2. The van der Waals surface area contributed by atoms with Crippen molar-refractivity contribution < 1.29 is 18.3 Å². The summed E-state index contributed by atoms with van der Waals surface area (Å²) in [4.78, 5) is 13.6. The summed E-state index contributed by atoms with van der Waals surface area (Å²) in [6.45, 7) is 3.03. The van der Waals surface area contributed by atoms with Crippen LogP contribution >= 0.6 is 20.7 Å². The van der Waals surface area contributed by atoms with Crippen LogP contribution in [0.5, 0.6) is 11.5 Å². The molecule has 0 radical (unpaired) electrons. The highest BCUT2D eigenvalue weighted by Gasteiger charge is 2.17. The summed E-state index contributed by atoms with van der Waals surface area (Å²) >= 11 is -0.823. The molecule has 12 heteroatoms. The zero-order valence-corrected chi connectivity index (χ0v) is 23.0. The van der Waals surface area contributed by atoms with Gasteiger partial charge in [-0.15, -0.1) is 5.11 Å². The van der Waals surface area contributed by atoms with Gasteiger partial charge in [-0.3, -0.25) is 4.99 Å². The number of amidine groups is 1. The Kier molecular flexibility index (Phi) is 8.93. The van der Waals surface area contributed by atoms with Gasteiger partial charge in [0.15, 0.2) is 21.0 Å². The molecule has 0 unspecified atom stereocenters. The van der Waals surface area contributed by atoms with Gasteiger partial charge in [-0.1, -0.05) is 38.9 Å². The molecule has 2 aromatic carbocycles. The maximum absolute atomic E-state index is 13.5. The first-order chi connectivity index (χ1) is 19.1. The minimum atomic E-state index is -0.823. The predicted molar refractivity (Wildman–Crippen MR) is 152 cm³/mol. The van der Waals surface area contributed by atoms with Crippen LogP contribution in [-0.2, 0) is 6.54 Å². The van der Waals surface area contributed by atoms with Gasteiger partial charge >= 0.3 is 0 Å². The first-order valence-corrected chi connectivity index (χ1v) is 14.7. The fourth-order valence-electron chi connectivity index (χ4n) is 4.07. The van der Waals surface area contributed by atoms with Gasteiger partial charge in [-0.05, 0) is 43.5 Å². The van der Waals surface area contributed by atoms with E-state index in [4.69, 9.17) is 15.0 Å². The van der Waals surface area contributed by atoms with Gasteiger partial charge in [0, 0.05) is 27.8 Å². The van der Waals surface area contributed by atoms with E-state index < -0.39 is 32.4 Å². The molecule has 0 aliphatic carbocycles. The number of hydrogen-bond acceptors (Lipinski definition) is 8. The van der Waals surface area contributed by atoms with Crippen molar-refractivity contribution >= 4 is 30.2 Å². The third kappa shape index (κ3) is 7.47. The summed E-state index contributed by atoms with van der Waals surface area (Å²) in [5.41, 5.74) is 9.25. The number of ether oxygens (including phenoxy) is 2. The monoisotopic (exact) mass is 645 g/mol. The lowest BCUT2D eigenvalue weighted by Crippen LogP contribution is -2.33. The van der Waals surface area contributed by atoms with E-state index >= 15 is 0 Å². The number of aromatic nitrogens is 2. The van der Waals surface area contributed by atoms with Crippen LogP contribution in [0.3, 0.4) is 0 Å². The zero-order chi connectivity index (χ0) is 27.0. The summed E-state index contributed by atoms with van der Waals surface area (Å²) in [7, 11) is 0. The van der Waals surface area contributed by atoms with Crippen molar-refractivity contribution in [3.05, 3.63) is 82.0 Å². The summed E-state index contributed by atoms with van der Waals surface area (Å²) in [6.07, 6.45) is 5.61. The standard InChI is InChI=1S/C27H26F2IN7O2/c28-20-9-21(29)11-22(10-20)39-24-12-30-25(37-31)27(36-24)33-13-18-2-1-3-19(8-18)26-34-14-23(15-35-26)38-16-17-4-6-32-7-5-17/h1-3,8-12,14-15,17,31-32H,4-7,13,16H2,(H,33,36). The average molecular weight is 645 g/mol. The smallest absolute Gasteiger partial charge is 0.204 e. The van der Waals surface area contributed by atoms with E-state index in [1.54, 1.807) is 16.5 Å². The Labute approximate surface area is 234 Å². The molecule has 3 N–H and O–H groups in total. The number of nitrogens with zero attached hydrogens (tertiary/aromatic N) is 4. The van der Waals surface area contributed by atoms with Crippen LogP contribution in [0.25, 0.3) is 11.4 Å². The second-order valence-electron chi connectivity index (χ2n) is 8.93. The fourth-order valence-corrected chi connectivity index (χ4v) is 5.67. The molecule has 9 nitrogen and oxygen atoms in total. The highest BCUT2D eigenvalue weighted by atomic mass is 127. The van der Waals surface area contributed by atoms with Crippen molar-refractivity contribution in [2.45, 2.75) is 19.4 Å². The first-order valence-electron chi connectivity index (χ1n) is 12.3. The van der Waals surface area contributed by atoms with Crippen LogP contribution in [0.1, 0.15) is 18.4 Å². The quantitative estimate of drug-likeness (QED) is 0.215. The van der Waals surface area contributed by atoms with Gasteiger partial charge in [-0.2, -0.15) is 0 Å². The average Bonchev–Trinajstić information content (AvgIpc) is 2.95. The van der Waals surface area contributed by atoms with Crippen molar-refractivity contribution in [3.63, 3.8) is 0 Å². The van der Waals surface area contributed by atoms with Crippen molar-refractivity contribution in [2.75, 3.05) is 19.7 Å². The van der Waals surface area contributed by atoms with Gasteiger partial charge in [0.1, 0.15) is 17.4 Å². The van der Waals surface area contributed by atoms with Gasteiger partial charge in [0.25, 0.3) is 0 Å². The van der Waals surface area contributed by atoms with Crippen LogP contribution in [0, 0.1) is 23.1 Å². The van der Waals surface area contributed by atoms with Crippen molar-refractivity contribution in [1.29, 1.82) is 5.53 Å². The molecular formula is C27H26F2IN7O2. The molecule has 0 amide bonds. The molecule has 3 aromatic rings. The number of nitrogens with one attached hydrogen (secondary N) is 3. The van der Waals surface area contributed by atoms with Crippen LogP contribution in [0.15, 0.2) is 74.9 Å². The molecule has 0 bridgehead atoms. The lowest BCUT2D eigenvalue weighted by atomic mass is 9.99. The molecule has 0 spiro atoms. The molecule has 2 aliphatic rings. The Bertz CT molecular complexity index is 1400. The Hall–Kier alpha value is -3.65. The molecular weight excluding hydrogens is 619 g/mol. The third-order valence-electron chi connectivity index (χ3n) is 6.03. The minimum absolute atomic E-state index is 0.0243. The van der Waals surface area contributed by atoms with Crippen molar-refractivity contribution in [3.8, 4) is 22.9 Å². The van der Waals surface area contributed by atoms with E-state index in [1.165, 1.54) is 0 Å².